The first-order chi connectivity index (χ1) is 13.0. The summed E-state index contributed by atoms with van der Waals surface area (Å²) in [6, 6.07) is 14.4. The molecule has 7 heteroatoms. The van der Waals surface area contributed by atoms with Gasteiger partial charge in [-0.15, -0.1) is 0 Å². The maximum Gasteiger partial charge on any atom is 0.263 e. The highest BCUT2D eigenvalue weighted by atomic mass is 79.9. The number of halogens is 2. The fourth-order valence-corrected chi connectivity index (χ4v) is 2.87. The number of carbonyl (C=O) groups is 1. The Morgan fingerprint density at radius 1 is 1.19 bits per heavy atom. The van der Waals surface area contributed by atoms with E-state index in [0.717, 1.165) is 12.0 Å². The summed E-state index contributed by atoms with van der Waals surface area (Å²) in [5, 5.41) is 6.98. The highest BCUT2D eigenvalue weighted by Crippen LogP contribution is 2.21. The first-order valence-corrected chi connectivity index (χ1v) is 9.32. The zero-order valence-corrected chi connectivity index (χ0v) is 16.4. The number of ether oxygens (including phenoxy) is 1. The summed E-state index contributed by atoms with van der Waals surface area (Å²) in [5.74, 6) is -0.338. The average molecular weight is 432 g/mol. The van der Waals surface area contributed by atoms with Gasteiger partial charge in [0, 0.05) is 10.5 Å². The summed E-state index contributed by atoms with van der Waals surface area (Å²) in [7, 11) is 0. The van der Waals surface area contributed by atoms with Crippen molar-refractivity contribution in [2.24, 2.45) is 0 Å². The molecule has 0 unspecified atom stereocenters. The summed E-state index contributed by atoms with van der Waals surface area (Å²) in [5.41, 5.74) is 2.35. The molecule has 1 N–H and O–H groups in total. The van der Waals surface area contributed by atoms with Gasteiger partial charge in [0.2, 0.25) is 0 Å². The number of aryl methyl sites for hydroxylation is 1. The molecule has 5 nitrogen and oxygen atoms in total. The summed E-state index contributed by atoms with van der Waals surface area (Å²) in [6.45, 7) is 2.35. The van der Waals surface area contributed by atoms with Crippen LogP contribution in [0.1, 0.15) is 18.1 Å². The number of nitrogens with one attached hydrogen (secondary N) is 1. The molecule has 0 radical (unpaired) electrons. The Balaban J connectivity index is 1.59. The Kier molecular flexibility index (Phi) is 6.24. The van der Waals surface area contributed by atoms with Gasteiger partial charge in [0.25, 0.3) is 5.91 Å². The second-order valence-electron chi connectivity index (χ2n) is 5.96. The minimum Gasteiger partial charge on any atom is -0.481 e. The van der Waals surface area contributed by atoms with Gasteiger partial charge in [-0.25, -0.2) is 9.07 Å². The molecule has 3 rings (SSSR count). The third-order valence-electron chi connectivity index (χ3n) is 4.00. The van der Waals surface area contributed by atoms with E-state index in [4.69, 9.17) is 4.74 Å². The number of hydrogen-bond acceptors (Lipinski definition) is 3. The van der Waals surface area contributed by atoms with E-state index in [1.54, 1.807) is 23.0 Å². The minimum absolute atomic E-state index is 0.0258. The molecule has 0 spiro atoms. The SMILES string of the molecule is CCc1ccc(Cn2nccc2NC(=O)COc2ccc(Br)cc2F)cc1. The lowest BCUT2D eigenvalue weighted by Crippen LogP contribution is -2.22. The number of hydrogen-bond donors (Lipinski definition) is 1. The largest absolute Gasteiger partial charge is 0.481 e. The molecule has 1 aromatic heterocycles. The first-order valence-electron chi connectivity index (χ1n) is 8.52. The fourth-order valence-electron chi connectivity index (χ4n) is 2.53. The molecule has 0 saturated heterocycles. The number of rotatable bonds is 7. The molecule has 0 atom stereocenters. The topological polar surface area (TPSA) is 56.2 Å². The van der Waals surface area contributed by atoms with Crippen molar-refractivity contribution < 1.29 is 13.9 Å². The van der Waals surface area contributed by atoms with Crippen molar-refractivity contribution in [2.45, 2.75) is 19.9 Å². The standard InChI is InChI=1S/C20H19BrFN3O2/c1-2-14-3-5-15(6-4-14)12-25-19(9-10-23-25)24-20(26)13-27-18-8-7-16(21)11-17(18)22/h3-11H,2,12-13H2,1H3,(H,24,26). The Labute approximate surface area is 165 Å². The molecule has 0 saturated carbocycles. The van der Waals surface area contributed by atoms with Gasteiger partial charge in [0.1, 0.15) is 5.82 Å². The molecule has 1 amide bonds. The van der Waals surface area contributed by atoms with Crippen molar-refractivity contribution in [3.05, 3.63) is 76.1 Å². The lowest BCUT2D eigenvalue weighted by Gasteiger charge is -2.11. The second kappa shape index (κ2) is 8.81. The number of aromatic nitrogens is 2. The Morgan fingerprint density at radius 3 is 2.63 bits per heavy atom. The smallest absolute Gasteiger partial charge is 0.263 e. The summed E-state index contributed by atoms with van der Waals surface area (Å²) in [4.78, 5) is 12.1. The molecule has 27 heavy (non-hydrogen) atoms. The Bertz CT molecular complexity index is 925. The predicted molar refractivity (Wildman–Crippen MR) is 105 cm³/mol. The molecule has 0 bridgehead atoms. The van der Waals surface area contributed by atoms with Crippen LogP contribution in [-0.2, 0) is 17.8 Å². The first kappa shape index (κ1) is 19.1. The zero-order chi connectivity index (χ0) is 19.2. The van der Waals surface area contributed by atoms with Crippen LogP contribution in [0.15, 0.2) is 59.2 Å². The van der Waals surface area contributed by atoms with Gasteiger partial charge in [0.15, 0.2) is 18.2 Å². The van der Waals surface area contributed by atoms with E-state index in [2.05, 4.69) is 45.4 Å². The monoisotopic (exact) mass is 431 g/mol. The van der Waals surface area contributed by atoms with E-state index >= 15 is 0 Å². The molecule has 0 aliphatic carbocycles. The normalized spacial score (nSPS) is 10.6. The summed E-state index contributed by atoms with van der Waals surface area (Å²) < 4.78 is 21.3. The van der Waals surface area contributed by atoms with E-state index in [0.29, 0.717) is 16.8 Å². The second-order valence-corrected chi connectivity index (χ2v) is 6.87. The number of nitrogens with zero attached hydrogens (tertiary/aromatic N) is 2. The molecular weight excluding hydrogens is 413 g/mol. The van der Waals surface area contributed by atoms with Crippen molar-refractivity contribution in [1.29, 1.82) is 0 Å². The van der Waals surface area contributed by atoms with Crippen LogP contribution in [0.2, 0.25) is 0 Å². The van der Waals surface area contributed by atoms with Crippen LogP contribution in [-0.4, -0.2) is 22.3 Å². The molecule has 2 aromatic carbocycles. The van der Waals surface area contributed by atoms with Gasteiger partial charge < -0.3 is 10.1 Å². The van der Waals surface area contributed by atoms with E-state index < -0.39 is 5.82 Å². The molecule has 140 valence electrons. The summed E-state index contributed by atoms with van der Waals surface area (Å²) >= 11 is 3.17. The van der Waals surface area contributed by atoms with Gasteiger partial charge in [0.05, 0.1) is 12.7 Å². The maximum atomic E-state index is 13.7. The number of benzene rings is 2. The third kappa shape index (κ3) is 5.17. The van der Waals surface area contributed by atoms with Crippen molar-refractivity contribution in [1.82, 2.24) is 9.78 Å². The summed E-state index contributed by atoms with van der Waals surface area (Å²) in [6.07, 6.45) is 2.60. The quantitative estimate of drug-likeness (QED) is 0.602. The van der Waals surface area contributed by atoms with Crippen LogP contribution in [0.4, 0.5) is 10.2 Å². The van der Waals surface area contributed by atoms with Crippen LogP contribution in [0.3, 0.4) is 0 Å². The lowest BCUT2D eigenvalue weighted by atomic mass is 10.1. The van der Waals surface area contributed by atoms with Gasteiger partial charge in [-0.1, -0.05) is 47.1 Å². The molecule has 0 aliphatic rings. The highest BCUT2D eigenvalue weighted by Gasteiger charge is 2.11. The van der Waals surface area contributed by atoms with Gasteiger partial charge in [-0.2, -0.15) is 5.10 Å². The number of amides is 1. The van der Waals surface area contributed by atoms with Gasteiger partial charge in [-0.05, 0) is 35.7 Å². The van der Waals surface area contributed by atoms with Gasteiger partial charge in [-0.3, -0.25) is 4.79 Å². The van der Waals surface area contributed by atoms with E-state index in [9.17, 15) is 9.18 Å². The molecule has 1 heterocycles. The third-order valence-corrected chi connectivity index (χ3v) is 4.49. The molecule has 0 aliphatic heterocycles. The van der Waals surface area contributed by atoms with E-state index in [1.165, 1.54) is 17.7 Å². The van der Waals surface area contributed by atoms with Crippen molar-refractivity contribution >= 4 is 27.7 Å². The number of carbonyl (C=O) groups excluding carboxylic acids is 1. The van der Waals surface area contributed by atoms with Gasteiger partial charge >= 0.3 is 0 Å². The van der Waals surface area contributed by atoms with E-state index in [1.807, 2.05) is 12.1 Å². The van der Waals surface area contributed by atoms with Crippen LogP contribution in [0.5, 0.6) is 5.75 Å². The molecule has 0 fully saturated rings. The maximum absolute atomic E-state index is 13.7. The Morgan fingerprint density at radius 2 is 1.93 bits per heavy atom. The number of anilines is 1. The fraction of sp³-hybridized carbons (Fsp3) is 0.200. The van der Waals surface area contributed by atoms with Crippen LogP contribution >= 0.6 is 15.9 Å². The Hall–Kier alpha value is -2.67. The molecule has 3 aromatic rings. The minimum atomic E-state index is -0.530. The zero-order valence-electron chi connectivity index (χ0n) is 14.8. The van der Waals surface area contributed by atoms with Crippen LogP contribution in [0.25, 0.3) is 0 Å². The molecular formula is C20H19BrFN3O2. The van der Waals surface area contributed by atoms with Crippen molar-refractivity contribution in [3.63, 3.8) is 0 Å². The lowest BCUT2D eigenvalue weighted by molar-refractivity contribution is -0.118. The predicted octanol–water partition coefficient (Wildman–Crippen LogP) is 4.41. The van der Waals surface area contributed by atoms with Crippen LogP contribution in [0, 0.1) is 5.82 Å². The van der Waals surface area contributed by atoms with Crippen LogP contribution < -0.4 is 10.1 Å². The van der Waals surface area contributed by atoms with E-state index in [-0.39, 0.29) is 18.3 Å². The average Bonchev–Trinajstić information content (AvgIpc) is 3.08. The van der Waals surface area contributed by atoms with Crippen molar-refractivity contribution in [2.75, 3.05) is 11.9 Å². The van der Waals surface area contributed by atoms with Crippen molar-refractivity contribution in [3.8, 4) is 5.75 Å². The highest BCUT2D eigenvalue weighted by molar-refractivity contribution is 9.10.